The highest BCUT2D eigenvalue weighted by Gasteiger charge is 2.33. The lowest BCUT2D eigenvalue weighted by molar-refractivity contribution is -0.149. The van der Waals surface area contributed by atoms with Gasteiger partial charge in [-0.2, -0.15) is 8.61 Å². The number of sulfonamides is 2. The number of benzene rings is 3. The van der Waals surface area contributed by atoms with Gasteiger partial charge in [0.05, 0.1) is 28.9 Å². The zero-order valence-corrected chi connectivity index (χ0v) is 25.2. The highest BCUT2D eigenvalue weighted by atomic mass is 32.2. The fraction of sp³-hybridized carbons (Fsp3) is 0.333. The third-order valence-corrected chi connectivity index (χ3v) is 10.8. The maximum atomic E-state index is 13.2. The Balaban J connectivity index is 1.35. The van der Waals surface area contributed by atoms with E-state index in [-0.39, 0.29) is 65.8 Å². The average molecular weight is 614 g/mol. The Labute approximate surface area is 247 Å². The lowest BCUT2D eigenvalue weighted by Crippen LogP contribution is -2.40. The third kappa shape index (κ3) is 7.43. The van der Waals surface area contributed by atoms with Crippen molar-refractivity contribution in [3.05, 3.63) is 90.0 Å². The zero-order chi connectivity index (χ0) is 30.3. The smallest absolute Gasteiger partial charge is 0.309 e. The molecule has 1 heterocycles. The van der Waals surface area contributed by atoms with Crippen molar-refractivity contribution in [2.45, 2.75) is 36.1 Å². The fourth-order valence-electron chi connectivity index (χ4n) is 4.71. The van der Waals surface area contributed by atoms with Gasteiger partial charge in [-0.15, -0.1) is 0 Å². The summed E-state index contributed by atoms with van der Waals surface area (Å²) < 4.78 is 60.1. The number of Topliss-reactive ketones (excluding diaryl/α,β-unsaturated/α-hetero) is 1. The van der Waals surface area contributed by atoms with Crippen LogP contribution in [0.1, 0.15) is 35.7 Å². The van der Waals surface area contributed by atoms with Gasteiger partial charge in [-0.25, -0.2) is 16.8 Å². The van der Waals surface area contributed by atoms with E-state index in [4.69, 9.17) is 4.74 Å². The molecule has 1 N–H and O–H groups in total. The van der Waals surface area contributed by atoms with Crippen molar-refractivity contribution in [3.8, 4) is 0 Å². The van der Waals surface area contributed by atoms with Gasteiger partial charge in [0, 0.05) is 37.9 Å². The normalized spacial score (nSPS) is 14.9. The maximum absolute atomic E-state index is 13.2. The summed E-state index contributed by atoms with van der Waals surface area (Å²) >= 11 is 0. The highest BCUT2D eigenvalue weighted by Crippen LogP contribution is 2.25. The second-order valence-electron chi connectivity index (χ2n) is 10.0. The van der Waals surface area contributed by atoms with Crippen LogP contribution in [0.5, 0.6) is 0 Å². The number of esters is 1. The summed E-state index contributed by atoms with van der Waals surface area (Å²) in [5.74, 6) is -0.951. The number of nitrogens with one attached hydrogen (secondary N) is 1. The van der Waals surface area contributed by atoms with Crippen molar-refractivity contribution in [2.75, 3.05) is 38.6 Å². The molecule has 3 aromatic rings. The molecule has 0 atom stereocenters. The summed E-state index contributed by atoms with van der Waals surface area (Å²) in [5, 5.41) is 2.98. The Hall–Kier alpha value is -3.58. The summed E-state index contributed by atoms with van der Waals surface area (Å²) in [7, 11) is -6.04. The molecule has 0 aliphatic carbocycles. The second-order valence-corrected chi connectivity index (χ2v) is 14.0. The molecule has 0 unspecified atom stereocenters. The van der Waals surface area contributed by atoms with E-state index in [2.05, 4.69) is 5.32 Å². The minimum Gasteiger partial charge on any atom is -0.466 e. The predicted octanol–water partition coefficient (Wildman–Crippen LogP) is 3.77. The third-order valence-electron chi connectivity index (χ3n) is 7.13. The molecule has 0 amide bonds. The molecule has 1 aliphatic heterocycles. The molecule has 1 fully saturated rings. The van der Waals surface area contributed by atoms with Crippen LogP contribution in [-0.4, -0.2) is 70.5 Å². The van der Waals surface area contributed by atoms with Gasteiger partial charge in [0.1, 0.15) is 0 Å². The first-order valence-electron chi connectivity index (χ1n) is 13.7. The SMILES string of the molecule is CCOC(=O)C1CCN(S(=O)(=O)c2cccc(C(=O)CNc3ccc(S(=O)(=O)N(C)Cc4ccccc4)cc3)c2)CC1. The lowest BCUT2D eigenvalue weighted by Gasteiger charge is -2.30. The Morgan fingerprint density at radius 1 is 0.905 bits per heavy atom. The van der Waals surface area contributed by atoms with Crippen LogP contribution in [0.4, 0.5) is 5.69 Å². The first kappa shape index (κ1) is 31.4. The first-order chi connectivity index (χ1) is 20.0. The van der Waals surface area contributed by atoms with Gasteiger partial charge in [0.2, 0.25) is 20.0 Å². The molecule has 1 saturated heterocycles. The van der Waals surface area contributed by atoms with E-state index in [9.17, 15) is 26.4 Å². The van der Waals surface area contributed by atoms with E-state index < -0.39 is 20.0 Å². The summed E-state index contributed by atoms with van der Waals surface area (Å²) in [5.41, 5.74) is 1.64. The van der Waals surface area contributed by atoms with Crippen molar-refractivity contribution in [1.29, 1.82) is 0 Å². The lowest BCUT2D eigenvalue weighted by atomic mass is 9.98. The number of ether oxygens (including phenoxy) is 1. The largest absolute Gasteiger partial charge is 0.466 e. The number of carbonyl (C=O) groups excluding carboxylic acids is 2. The van der Waals surface area contributed by atoms with Gasteiger partial charge in [0.15, 0.2) is 5.78 Å². The van der Waals surface area contributed by atoms with Crippen LogP contribution in [0.2, 0.25) is 0 Å². The predicted molar refractivity (Wildman–Crippen MR) is 159 cm³/mol. The summed E-state index contributed by atoms with van der Waals surface area (Å²) in [6, 6.07) is 21.3. The van der Waals surface area contributed by atoms with Crippen LogP contribution in [-0.2, 0) is 36.1 Å². The summed E-state index contributed by atoms with van der Waals surface area (Å²) in [6.07, 6.45) is 0.758. The van der Waals surface area contributed by atoms with Gasteiger partial charge in [-0.05, 0) is 61.7 Å². The number of carbonyl (C=O) groups is 2. The number of ketones is 1. The fourth-order valence-corrected chi connectivity index (χ4v) is 7.38. The molecule has 1 aliphatic rings. The molecular weight excluding hydrogens is 578 g/mol. The Morgan fingerprint density at radius 2 is 1.57 bits per heavy atom. The Bertz CT molecular complexity index is 1600. The van der Waals surface area contributed by atoms with Crippen LogP contribution in [0, 0.1) is 5.92 Å². The Kier molecular flexibility index (Phi) is 10.2. The Morgan fingerprint density at radius 3 is 2.21 bits per heavy atom. The minimum absolute atomic E-state index is 0.0112. The quantitative estimate of drug-likeness (QED) is 0.241. The van der Waals surface area contributed by atoms with Crippen molar-refractivity contribution in [2.24, 2.45) is 5.92 Å². The van der Waals surface area contributed by atoms with Crippen LogP contribution >= 0.6 is 0 Å². The average Bonchev–Trinajstić information content (AvgIpc) is 3.00. The molecule has 12 heteroatoms. The van der Waals surface area contributed by atoms with E-state index >= 15 is 0 Å². The molecule has 224 valence electrons. The van der Waals surface area contributed by atoms with Gasteiger partial charge in [-0.3, -0.25) is 9.59 Å². The molecular formula is C30H35N3O7S2. The molecule has 0 aromatic heterocycles. The van der Waals surface area contributed by atoms with Crippen LogP contribution < -0.4 is 5.32 Å². The van der Waals surface area contributed by atoms with Crippen LogP contribution in [0.15, 0.2) is 88.7 Å². The minimum atomic E-state index is -3.84. The molecule has 0 spiro atoms. The molecule has 0 radical (unpaired) electrons. The van der Waals surface area contributed by atoms with Crippen molar-refractivity contribution in [3.63, 3.8) is 0 Å². The van der Waals surface area contributed by atoms with Gasteiger partial charge < -0.3 is 10.1 Å². The van der Waals surface area contributed by atoms with Crippen LogP contribution in [0.3, 0.4) is 0 Å². The summed E-state index contributed by atoms with van der Waals surface area (Å²) in [4.78, 5) is 25.1. The maximum Gasteiger partial charge on any atom is 0.309 e. The molecule has 42 heavy (non-hydrogen) atoms. The number of hydrogen-bond donors (Lipinski definition) is 1. The van der Waals surface area contributed by atoms with E-state index in [1.165, 1.54) is 46.0 Å². The van der Waals surface area contributed by atoms with Crippen molar-refractivity contribution < 1.29 is 31.2 Å². The first-order valence-corrected chi connectivity index (χ1v) is 16.5. The number of piperidine rings is 1. The molecule has 0 saturated carbocycles. The van der Waals surface area contributed by atoms with Gasteiger partial charge in [-0.1, -0.05) is 42.5 Å². The number of nitrogens with zero attached hydrogens (tertiary/aromatic N) is 2. The molecule has 0 bridgehead atoms. The number of hydrogen-bond acceptors (Lipinski definition) is 8. The zero-order valence-electron chi connectivity index (χ0n) is 23.6. The monoisotopic (exact) mass is 613 g/mol. The molecule has 4 rings (SSSR count). The number of anilines is 1. The highest BCUT2D eigenvalue weighted by molar-refractivity contribution is 7.89. The van der Waals surface area contributed by atoms with Gasteiger partial charge >= 0.3 is 5.97 Å². The van der Waals surface area contributed by atoms with E-state index in [1.54, 1.807) is 25.1 Å². The summed E-state index contributed by atoms with van der Waals surface area (Å²) in [6.45, 7) is 2.52. The molecule has 10 nitrogen and oxygen atoms in total. The van der Waals surface area contributed by atoms with Crippen molar-refractivity contribution >= 4 is 37.5 Å². The number of rotatable bonds is 12. The van der Waals surface area contributed by atoms with Crippen molar-refractivity contribution in [1.82, 2.24) is 8.61 Å². The topological polar surface area (TPSA) is 130 Å². The second kappa shape index (κ2) is 13.6. The van der Waals surface area contributed by atoms with E-state index in [0.717, 1.165) is 5.56 Å². The molecule has 3 aromatic carbocycles. The van der Waals surface area contributed by atoms with E-state index in [0.29, 0.717) is 18.5 Å². The van der Waals surface area contributed by atoms with Gasteiger partial charge in [0.25, 0.3) is 0 Å². The van der Waals surface area contributed by atoms with Crippen LogP contribution in [0.25, 0.3) is 0 Å². The standard InChI is InChI=1S/C30H35N3O7S2/c1-3-40-30(35)24-16-18-33(19-17-24)42(38,39)28-11-7-10-25(20-28)29(34)21-31-26-12-14-27(15-13-26)41(36,37)32(2)22-23-8-5-4-6-9-23/h4-15,20,24,31H,3,16-19,21-22H2,1-2H3. The van der Waals surface area contributed by atoms with E-state index in [1.807, 2.05) is 30.3 Å².